The predicted octanol–water partition coefficient (Wildman–Crippen LogP) is 5.07. The SMILES string of the molecule is O=P(O)(O)CCC(F)(F)CC(F)(F)CC(F)(F)C(F)(F)C(F)(F)C(F)(F)F. The van der Waals surface area contributed by atoms with Crippen LogP contribution in [0.5, 0.6) is 0 Å². The normalized spacial score (nSPS) is 16.0. The summed E-state index contributed by atoms with van der Waals surface area (Å²) in [5, 5.41) is 0. The molecule has 0 saturated carbocycles. The third kappa shape index (κ3) is 6.66. The molecular weight excluding hydrogens is 446 g/mol. The van der Waals surface area contributed by atoms with Gasteiger partial charge in [-0.3, -0.25) is 4.57 Å². The van der Waals surface area contributed by atoms with Crippen molar-refractivity contribution < 1.29 is 71.4 Å². The molecule has 0 amide bonds. The number of hydrogen-bond donors (Lipinski definition) is 2. The van der Waals surface area contributed by atoms with Crippen LogP contribution >= 0.6 is 7.60 Å². The maximum atomic E-state index is 13.2. The van der Waals surface area contributed by atoms with Crippen LogP contribution in [0.4, 0.5) is 57.1 Å². The standard InChI is InChI=1S/C10H10F13O3P/c11-5(12,1-2-27(24,25)26)3-6(13,14)4-7(15,16)8(17,18)9(19,20)10(21,22)23/h1-4H2,(H2,24,25,26). The number of halogens is 13. The van der Waals surface area contributed by atoms with Crippen molar-refractivity contribution in [2.45, 2.75) is 55.1 Å². The second kappa shape index (κ2) is 7.25. The van der Waals surface area contributed by atoms with E-state index in [0.29, 0.717) is 0 Å². The highest BCUT2D eigenvalue weighted by Crippen LogP contribution is 2.56. The van der Waals surface area contributed by atoms with Gasteiger partial charge in [0, 0.05) is 6.42 Å². The molecule has 2 N–H and O–H groups in total. The second-order valence-electron chi connectivity index (χ2n) is 5.55. The van der Waals surface area contributed by atoms with Crippen molar-refractivity contribution in [2.24, 2.45) is 0 Å². The van der Waals surface area contributed by atoms with Gasteiger partial charge in [-0.2, -0.15) is 39.5 Å². The smallest absolute Gasteiger partial charge is 0.324 e. The minimum absolute atomic E-state index is 1.71. The topological polar surface area (TPSA) is 57.5 Å². The van der Waals surface area contributed by atoms with E-state index in [0.717, 1.165) is 0 Å². The Morgan fingerprint density at radius 3 is 1.37 bits per heavy atom. The first-order valence-electron chi connectivity index (χ1n) is 6.37. The number of alkyl halides is 13. The summed E-state index contributed by atoms with van der Waals surface area (Å²) in [6.45, 7) is 0. The summed E-state index contributed by atoms with van der Waals surface area (Å²) in [6, 6.07) is 0. The van der Waals surface area contributed by atoms with Crippen molar-refractivity contribution in [1.82, 2.24) is 0 Å². The second-order valence-corrected chi connectivity index (χ2v) is 7.33. The van der Waals surface area contributed by atoms with Crippen LogP contribution in [0.25, 0.3) is 0 Å². The molecule has 27 heavy (non-hydrogen) atoms. The van der Waals surface area contributed by atoms with Crippen LogP contribution in [0.2, 0.25) is 0 Å². The first-order valence-corrected chi connectivity index (χ1v) is 8.17. The van der Waals surface area contributed by atoms with E-state index in [1.54, 1.807) is 0 Å². The van der Waals surface area contributed by atoms with Crippen LogP contribution in [0.15, 0.2) is 0 Å². The Morgan fingerprint density at radius 2 is 1.04 bits per heavy atom. The van der Waals surface area contributed by atoms with Gasteiger partial charge in [0.25, 0.3) is 11.8 Å². The third-order valence-electron chi connectivity index (χ3n) is 2.98. The Hall–Kier alpha value is -0.760. The first kappa shape index (κ1) is 26.2. The van der Waals surface area contributed by atoms with Gasteiger partial charge < -0.3 is 9.79 Å². The van der Waals surface area contributed by atoms with Crippen molar-refractivity contribution in [3.63, 3.8) is 0 Å². The lowest BCUT2D eigenvalue weighted by Crippen LogP contribution is -2.62. The Bertz CT molecular complexity index is 565. The molecule has 0 unspecified atom stereocenters. The molecule has 17 heteroatoms. The molecule has 0 fully saturated rings. The van der Waals surface area contributed by atoms with Gasteiger partial charge in [0.15, 0.2) is 0 Å². The monoisotopic (exact) mass is 456 g/mol. The molecule has 3 nitrogen and oxygen atoms in total. The van der Waals surface area contributed by atoms with Crippen LogP contribution in [-0.4, -0.2) is 51.7 Å². The first-order chi connectivity index (χ1) is 11.4. The highest BCUT2D eigenvalue weighted by molar-refractivity contribution is 7.51. The van der Waals surface area contributed by atoms with Crippen LogP contribution in [-0.2, 0) is 4.57 Å². The van der Waals surface area contributed by atoms with Crippen molar-refractivity contribution in [2.75, 3.05) is 6.16 Å². The summed E-state index contributed by atoms with van der Waals surface area (Å²) in [4.78, 5) is 16.6. The van der Waals surface area contributed by atoms with E-state index in [-0.39, 0.29) is 0 Å². The number of rotatable bonds is 9. The van der Waals surface area contributed by atoms with Gasteiger partial charge in [-0.05, 0) is 0 Å². The van der Waals surface area contributed by atoms with E-state index >= 15 is 0 Å². The Labute approximate surface area is 141 Å². The Balaban J connectivity index is 5.49. The summed E-state index contributed by atoms with van der Waals surface area (Å²) >= 11 is 0. The van der Waals surface area contributed by atoms with E-state index in [9.17, 15) is 61.6 Å². The lowest BCUT2D eigenvalue weighted by molar-refractivity contribution is -0.401. The zero-order valence-electron chi connectivity index (χ0n) is 12.5. The lowest BCUT2D eigenvalue weighted by Gasteiger charge is -2.35. The predicted molar refractivity (Wildman–Crippen MR) is 61.6 cm³/mol. The molecule has 0 aromatic carbocycles. The van der Waals surface area contributed by atoms with Crippen molar-refractivity contribution >= 4 is 7.60 Å². The largest absolute Gasteiger partial charge is 0.460 e. The van der Waals surface area contributed by atoms with Crippen LogP contribution in [0.3, 0.4) is 0 Å². The fourth-order valence-electron chi connectivity index (χ4n) is 1.68. The summed E-state index contributed by atoms with van der Waals surface area (Å²) in [5.41, 5.74) is 0. The molecule has 0 heterocycles. The molecule has 0 aliphatic carbocycles. The average molecular weight is 456 g/mol. The molecule has 0 aromatic rings. The Morgan fingerprint density at radius 1 is 0.630 bits per heavy atom. The van der Waals surface area contributed by atoms with Crippen molar-refractivity contribution in [3.05, 3.63) is 0 Å². The Kier molecular flexibility index (Phi) is 7.04. The van der Waals surface area contributed by atoms with Gasteiger partial charge in [-0.15, -0.1) is 0 Å². The maximum Gasteiger partial charge on any atom is 0.460 e. The van der Waals surface area contributed by atoms with E-state index in [4.69, 9.17) is 9.79 Å². The fraction of sp³-hybridized carbons (Fsp3) is 1.00. The lowest BCUT2D eigenvalue weighted by atomic mass is 9.94. The van der Waals surface area contributed by atoms with Gasteiger partial charge in [-0.1, -0.05) is 0 Å². The average Bonchev–Trinajstić information content (AvgIpc) is 2.31. The zero-order valence-corrected chi connectivity index (χ0v) is 13.4. The highest BCUT2D eigenvalue weighted by atomic mass is 31.2. The van der Waals surface area contributed by atoms with E-state index in [2.05, 4.69) is 0 Å². The van der Waals surface area contributed by atoms with Gasteiger partial charge in [-0.25, -0.2) is 17.6 Å². The molecule has 0 spiro atoms. The molecule has 0 saturated heterocycles. The molecule has 164 valence electrons. The van der Waals surface area contributed by atoms with E-state index < -0.39 is 68.8 Å². The summed E-state index contributed by atoms with van der Waals surface area (Å²) in [6.07, 6.45) is -17.8. The molecule has 0 bridgehead atoms. The van der Waals surface area contributed by atoms with E-state index in [1.807, 2.05) is 0 Å². The highest BCUT2D eigenvalue weighted by Gasteiger charge is 2.82. The van der Waals surface area contributed by atoms with E-state index in [1.165, 1.54) is 0 Å². The van der Waals surface area contributed by atoms with Gasteiger partial charge in [0.1, 0.15) is 0 Å². The maximum absolute atomic E-state index is 13.2. The zero-order chi connectivity index (χ0) is 22.3. The molecule has 0 aliphatic heterocycles. The van der Waals surface area contributed by atoms with Crippen LogP contribution < -0.4 is 0 Å². The molecule has 0 aromatic heterocycles. The third-order valence-corrected chi connectivity index (χ3v) is 3.78. The van der Waals surface area contributed by atoms with Crippen molar-refractivity contribution in [1.29, 1.82) is 0 Å². The fourth-order valence-corrected chi connectivity index (χ4v) is 2.30. The summed E-state index contributed by atoms with van der Waals surface area (Å²) in [5.74, 6) is -32.0. The van der Waals surface area contributed by atoms with Crippen LogP contribution in [0, 0.1) is 0 Å². The molecule has 0 atom stereocenters. The molecule has 0 aliphatic rings. The molecule has 0 radical (unpaired) electrons. The van der Waals surface area contributed by atoms with Gasteiger partial charge in [0.05, 0.1) is 19.0 Å². The summed E-state index contributed by atoms with van der Waals surface area (Å²) < 4.78 is 176. The van der Waals surface area contributed by atoms with Crippen molar-refractivity contribution in [3.8, 4) is 0 Å². The molecular formula is C10H10F13O3P. The van der Waals surface area contributed by atoms with Gasteiger partial charge >= 0.3 is 31.5 Å². The quantitative estimate of drug-likeness (QED) is 0.376. The van der Waals surface area contributed by atoms with Crippen LogP contribution in [0.1, 0.15) is 19.3 Å². The number of hydrogen-bond acceptors (Lipinski definition) is 1. The summed E-state index contributed by atoms with van der Waals surface area (Å²) in [7, 11) is -5.15. The minimum atomic E-state index is -7.46. The van der Waals surface area contributed by atoms with Gasteiger partial charge in [0.2, 0.25) is 0 Å². The molecule has 0 rings (SSSR count). The minimum Gasteiger partial charge on any atom is -0.324 e.